The first-order valence-corrected chi connectivity index (χ1v) is 11.0. The minimum atomic E-state index is -0.496. The van der Waals surface area contributed by atoms with Crippen molar-refractivity contribution in [2.75, 3.05) is 25.9 Å². The van der Waals surface area contributed by atoms with E-state index in [2.05, 4.69) is 6.07 Å². The molecule has 0 radical (unpaired) electrons. The third-order valence-corrected chi connectivity index (χ3v) is 6.37. The largest absolute Gasteiger partial charge is 0.444 e. The fourth-order valence-corrected chi connectivity index (χ4v) is 4.83. The van der Waals surface area contributed by atoms with Crippen molar-refractivity contribution in [3.05, 3.63) is 35.4 Å². The molecule has 1 saturated heterocycles. The number of carbonyl (C=O) groups is 1. The predicted octanol–water partition coefficient (Wildman–Crippen LogP) is 4.11. The van der Waals surface area contributed by atoms with Crippen molar-refractivity contribution in [1.82, 2.24) is 14.7 Å². The second kappa shape index (κ2) is 8.14. The van der Waals surface area contributed by atoms with Crippen LogP contribution in [0.3, 0.4) is 0 Å². The van der Waals surface area contributed by atoms with Gasteiger partial charge in [-0.25, -0.2) is 9.48 Å². The Kier molecular flexibility index (Phi) is 5.63. The Morgan fingerprint density at radius 1 is 1.31 bits per heavy atom. The lowest BCUT2D eigenvalue weighted by Crippen LogP contribution is -2.43. The Hall–Kier alpha value is -3.05. The standard InChI is InChI=1S/C24H31N5O3/c1-23(2,3)32-22(30)28-10-9-24(15-28)11-18(12-24)29-21(26)19(13-25)20(27-29)17-7-5-16(6-8-17)14-31-4/h5-8,18H,9-12,14-15,26H2,1-4H3. The Bertz CT molecular complexity index is 1040. The molecule has 0 atom stereocenters. The van der Waals surface area contributed by atoms with Crippen molar-refractivity contribution in [3.63, 3.8) is 0 Å². The zero-order valence-electron chi connectivity index (χ0n) is 19.2. The summed E-state index contributed by atoms with van der Waals surface area (Å²) in [4.78, 5) is 14.2. The van der Waals surface area contributed by atoms with E-state index >= 15 is 0 Å². The van der Waals surface area contributed by atoms with E-state index in [1.165, 1.54) is 0 Å². The number of anilines is 1. The lowest BCUT2D eigenvalue weighted by molar-refractivity contribution is 0.0188. The van der Waals surface area contributed by atoms with E-state index in [0.29, 0.717) is 36.8 Å². The van der Waals surface area contributed by atoms with Crippen molar-refractivity contribution in [2.24, 2.45) is 5.41 Å². The monoisotopic (exact) mass is 437 g/mol. The fraction of sp³-hybridized carbons (Fsp3) is 0.542. The molecule has 1 spiro atoms. The number of nitrogens with two attached hydrogens (primary N) is 1. The lowest BCUT2D eigenvalue weighted by atomic mass is 9.65. The minimum absolute atomic E-state index is 0.0781. The molecule has 1 amide bonds. The van der Waals surface area contributed by atoms with Crippen molar-refractivity contribution in [2.45, 2.75) is 58.3 Å². The summed E-state index contributed by atoms with van der Waals surface area (Å²) in [7, 11) is 1.66. The molecule has 32 heavy (non-hydrogen) atoms. The van der Waals surface area contributed by atoms with Gasteiger partial charge in [0, 0.05) is 25.8 Å². The van der Waals surface area contributed by atoms with Crippen LogP contribution in [0.2, 0.25) is 0 Å². The van der Waals surface area contributed by atoms with Gasteiger partial charge in [0.2, 0.25) is 0 Å². The number of likely N-dealkylation sites (tertiary alicyclic amines) is 1. The van der Waals surface area contributed by atoms with E-state index < -0.39 is 5.60 Å². The highest BCUT2D eigenvalue weighted by molar-refractivity contribution is 5.73. The number of rotatable bonds is 4. The van der Waals surface area contributed by atoms with Crippen LogP contribution in [0.4, 0.5) is 10.6 Å². The first-order valence-electron chi connectivity index (χ1n) is 11.0. The molecule has 2 heterocycles. The van der Waals surface area contributed by atoms with E-state index in [9.17, 15) is 10.1 Å². The summed E-state index contributed by atoms with van der Waals surface area (Å²) in [6.07, 6.45) is 2.47. The number of amides is 1. The number of hydrogen-bond acceptors (Lipinski definition) is 6. The normalized spacial score (nSPS) is 22.6. The maximum Gasteiger partial charge on any atom is 0.410 e. The molecule has 2 aliphatic rings. The Morgan fingerprint density at radius 3 is 2.59 bits per heavy atom. The summed E-state index contributed by atoms with van der Waals surface area (Å²) in [5, 5.41) is 14.5. The second-order valence-electron chi connectivity index (χ2n) is 10.0. The van der Waals surface area contributed by atoms with E-state index in [4.69, 9.17) is 20.3 Å². The van der Waals surface area contributed by atoms with Gasteiger partial charge in [-0.15, -0.1) is 0 Å². The quantitative estimate of drug-likeness (QED) is 0.771. The average molecular weight is 438 g/mol. The minimum Gasteiger partial charge on any atom is -0.444 e. The number of nitrogen functional groups attached to an aromatic ring is 1. The van der Waals surface area contributed by atoms with Crippen LogP contribution in [-0.4, -0.2) is 46.6 Å². The summed E-state index contributed by atoms with van der Waals surface area (Å²) < 4.78 is 12.5. The highest BCUT2D eigenvalue weighted by Crippen LogP contribution is 2.54. The Balaban J connectivity index is 1.47. The van der Waals surface area contributed by atoms with Crippen molar-refractivity contribution >= 4 is 11.9 Å². The van der Waals surface area contributed by atoms with Crippen LogP contribution >= 0.6 is 0 Å². The van der Waals surface area contributed by atoms with Gasteiger partial charge in [-0.2, -0.15) is 10.4 Å². The summed E-state index contributed by atoms with van der Waals surface area (Å²) in [5.74, 6) is 0.408. The SMILES string of the molecule is COCc1ccc(-c2nn(C3CC4(CCN(C(=O)OC(C)(C)C)C4)C3)c(N)c2C#N)cc1. The highest BCUT2D eigenvalue weighted by atomic mass is 16.6. The molecule has 8 heteroatoms. The molecule has 2 N–H and O–H groups in total. The molecular weight excluding hydrogens is 406 g/mol. The molecule has 0 bridgehead atoms. The molecule has 1 aromatic carbocycles. The van der Waals surface area contributed by atoms with Crippen LogP contribution < -0.4 is 5.73 Å². The van der Waals surface area contributed by atoms with E-state index in [-0.39, 0.29) is 17.6 Å². The number of methoxy groups -OCH3 is 1. The first-order chi connectivity index (χ1) is 15.1. The van der Waals surface area contributed by atoms with Gasteiger partial charge in [-0.1, -0.05) is 24.3 Å². The number of nitriles is 1. The number of aromatic nitrogens is 2. The topological polar surface area (TPSA) is 106 Å². The van der Waals surface area contributed by atoms with Crippen molar-refractivity contribution < 1.29 is 14.3 Å². The molecule has 2 aromatic rings. The van der Waals surface area contributed by atoms with Crippen LogP contribution in [0.25, 0.3) is 11.3 Å². The molecule has 1 aliphatic carbocycles. The number of carbonyl (C=O) groups excluding carboxylic acids is 1. The molecule has 1 aromatic heterocycles. The van der Waals surface area contributed by atoms with E-state index in [1.54, 1.807) is 11.8 Å². The highest BCUT2D eigenvalue weighted by Gasteiger charge is 2.51. The Labute approximate surface area is 188 Å². The Morgan fingerprint density at radius 2 is 2.00 bits per heavy atom. The van der Waals surface area contributed by atoms with Gasteiger partial charge in [-0.3, -0.25) is 0 Å². The molecule has 1 aliphatic heterocycles. The zero-order valence-corrected chi connectivity index (χ0v) is 19.2. The molecule has 8 nitrogen and oxygen atoms in total. The van der Waals surface area contributed by atoms with Crippen LogP contribution in [0.15, 0.2) is 24.3 Å². The van der Waals surface area contributed by atoms with Crippen LogP contribution in [0, 0.1) is 16.7 Å². The summed E-state index contributed by atoms with van der Waals surface area (Å²) >= 11 is 0. The van der Waals surface area contributed by atoms with Gasteiger partial charge < -0.3 is 20.1 Å². The van der Waals surface area contributed by atoms with Gasteiger partial charge in [0.25, 0.3) is 0 Å². The third-order valence-electron chi connectivity index (χ3n) is 6.37. The smallest absolute Gasteiger partial charge is 0.410 e. The molecule has 4 rings (SSSR count). The van der Waals surface area contributed by atoms with Crippen LogP contribution in [-0.2, 0) is 16.1 Å². The number of nitrogens with zero attached hydrogens (tertiary/aromatic N) is 4. The van der Waals surface area contributed by atoms with Crippen molar-refractivity contribution in [1.29, 1.82) is 5.26 Å². The van der Waals surface area contributed by atoms with Gasteiger partial charge in [-0.05, 0) is 51.0 Å². The fourth-order valence-electron chi connectivity index (χ4n) is 4.83. The van der Waals surface area contributed by atoms with Gasteiger partial charge >= 0.3 is 6.09 Å². The van der Waals surface area contributed by atoms with Crippen LogP contribution in [0.1, 0.15) is 57.2 Å². The second-order valence-corrected chi connectivity index (χ2v) is 10.0. The predicted molar refractivity (Wildman–Crippen MR) is 121 cm³/mol. The lowest BCUT2D eigenvalue weighted by Gasteiger charge is -2.45. The maximum absolute atomic E-state index is 12.4. The molecule has 1 saturated carbocycles. The van der Waals surface area contributed by atoms with Gasteiger partial charge in [0.1, 0.15) is 28.7 Å². The van der Waals surface area contributed by atoms with E-state index in [0.717, 1.165) is 30.4 Å². The van der Waals surface area contributed by atoms with Gasteiger partial charge in [0.15, 0.2) is 0 Å². The van der Waals surface area contributed by atoms with Gasteiger partial charge in [0.05, 0.1) is 12.6 Å². The number of hydrogen-bond donors (Lipinski definition) is 1. The maximum atomic E-state index is 12.4. The molecule has 2 fully saturated rings. The zero-order chi connectivity index (χ0) is 23.1. The summed E-state index contributed by atoms with van der Waals surface area (Å²) in [6.45, 7) is 7.58. The third kappa shape index (κ3) is 4.17. The molecule has 170 valence electrons. The number of benzene rings is 1. The van der Waals surface area contributed by atoms with E-state index in [1.807, 2.05) is 49.9 Å². The number of ether oxygens (including phenoxy) is 2. The van der Waals surface area contributed by atoms with Crippen molar-refractivity contribution in [3.8, 4) is 17.3 Å². The summed E-state index contributed by atoms with van der Waals surface area (Å²) in [5.41, 5.74) is 8.86. The van der Waals surface area contributed by atoms with Crippen LogP contribution in [0.5, 0.6) is 0 Å². The molecule has 0 unspecified atom stereocenters. The first kappa shape index (κ1) is 22.2. The average Bonchev–Trinajstić information content (AvgIpc) is 3.28. The molecular formula is C24H31N5O3. The summed E-state index contributed by atoms with van der Waals surface area (Å²) in [6, 6.07) is 10.2.